The molecule has 0 radical (unpaired) electrons. The second-order valence-corrected chi connectivity index (χ2v) is 8.64. The third kappa shape index (κ3) is 4.36. The second kappa shape index (κ2) is 9.10. The number of para-hydroxylation sites is 2. The van der Waals surface area contributed by atoms with E-state index in [4.69, 9.17) is 4.74 Å². The SMILES string of the molecule is CCCOc1ccc(C2Nc3ccccc3NC3=C2C(=O)CC(c2ccc(F)cc2)C3)cc1. The van der Waals surface area contributed by atoms with Crippen LogP contribution in [0.3, 0.4) is 0 Å². The second-order valence-electron chi connectivity index (χ2n) is 8.64. The van der Waals surface area contributed by atoms with Crippen molar-refractivity contribution < 1.29 is 13.9 Å². The van der Waals surface area contributed by atoms with Gasteiger partial charge in [0.2, 0.25) is 0 Å². The van der Waals surface area contributed by atoms with Crippen LogP contribution in [-0.4, -0.2) is 12.4 Å². The highest BCUT2D eigenvalue weighted by Crippen LogP contribution is 2.44. The highest BCUT2D eigenvalue weighted by molar-refractivity contribution is 6.01. The predicted octanol–water partition coefficient (Wildman–Crippen LogP) is 6.59. The molecule has 0 bridgehead atoms. The summed E-state index contributed by atoms with van der Waals surface area (Å²) in [5, 5.41) is 7.14. The van der Waals surface area contributed by atoms with Crippen LogP contribution in [0.1, 0.15) is 49.3 Å². The van der Waals surface area contributed by atoms with Crippen LogP contribution >= 0.6 is 0 Å². The molecule has 1 aliphatic heterocycles. The van der Waals surface area contributed by atoms with Gasteiger partial charge in [0, 0.05) is 17.7 Å². The van der Waals surface area contributed by atoms with Crippen molar-refractivity contribution in [3.8, 4) is 5.75 Å². The van der Waals surface area contributed by atoms with Crippen LogP contribution in [0.15, 0.2) is 84.1 Å². The number of ether oxygens (including phenoxy) is 1. The maximum absolute atomic E-state index is 13.5. The Balaban J connectivity index is 1.53. The summed E-state index contributed by atoms with van der Waals surface area (Å²) < 4.78 is 19.2. The van der Waals surface area contributed by atoms with Crippen molar-refractivity contribution in [1.82, 2.24) is 0 Å². The lowest BCUT2D eigenvalue weighted by molar-refractivity contribution is -0.116. The predicted molar refractivity (Wildman–Crippen MR) is 129 cm³/mol. The number of carbonyl (C=O) groups is 1. The van der Waals surface area contributed by atoms with E-state index in [1.165, 1.54) is 12.1 Å². The summed E-state index contributed by atoms with van der Waals surface area (Å²) >= 11 is 0. The first-order chi connectivity index (χ1) is 16.1. The smallest absolute Gasteiger partial charge is 0.163 e. The van der Waals surface area contributed by atoms with Crippen LogP contribution in [0.4, 0.5) is 15.8 Å². The van der Waals surface area contributed by atoms with Gasteiger partial charge in [0.25, 0.3) is 0 Å². The van der Waals surface area contributed by atoms with E-state index in [2.05, 4.69) is 17.6 Å². The lowest BCUT2D eigenvalue weighted by atomic mass is 9.78. The standard InChI is InChI=1S/C28H27FN2O2/c1-2-15-33-22-13-9-19(10-14-22)28-27-25(30-23-5-3-4-6-24(23)31-28)16-20(17-26(27)32)18-7-11-21(29)12-8-18/h3-14,20,28,30-31H,2,15-17H2,1H3. The summed E-state index contributed by atoms with van der Waals surface area (Å²) in [6.07, 6.45) is 2.05. The average Bonchev–Trinajstić information content (AvgIpc) is 3.00. The Morgan fingerprint density at radius 1 is 0.909 bits per heavy atom. The maximum Gasteiger partial charge on any atom is 0.163 e. The normalized spacial score (nSPS) is 19.6. The monoisotopic (exact) mass is 442 g/mol. The molecule has 1 aliphatic carbocycles. The molecule has 0 spiro atoms. The molecule has 2 N–H and O–H groups in total. The Kier molecular flexibility index (Phi) is 5.86. The minimum atomic E-state index is -0.266. The van der Waals surface area contributed by atoms with E-state index in [1.54, 1.807) is 12.1 Å². The van der Waals surface area contributed by atoms with Gasteiger partial charge in [-0.25, -0.2) is 4.39 Å². The van der Waals surface area contributed by atoms with Crippen molar-refractivity contribution in [3.63, 3.8) is 0 Å². The van der Waals surface area contributed by atoms with Gasteiger partial charge in [0.1, 0.15) is 11.6 Å². The molecule has 3 aromatic carbocycles. The molecule has 3 aromatic rings. The molecule has 4 nitrogen and oxygen atoms in total. The number of anilines is 2. The Bertz CT molecular complexity index is 1190. The zero-order valence-corrected chi connectivity index (χ0v) is 18.6. The molecule has 0 saturated carbocycles. The molecular weight excluding hydrogens is 415 g/mol. The molecule has 0 fully saturated rings. The zero-order chi connectivity index (χ0) is 22.8. The summed E-state index contributed by atoms with van der Waals surface area (Å²) in [6.45, 7) is 2.76. The molecule has 0 aromatic heterocycles. The van der Waals surface area contributed by atoms with Crippen LogP contribution in [0.25, 0.3) is 0 Å². The molecule has 5 rings (SSSR count). The molecule has 1 heterocycles. The number of ketones is 1. The first-order valence-corrected chi connectivity index (χ1v) is 11.5. The quantitative estimate of drug-likeness (QED) is 0.468. The third-order valence-electron chi connectivity index (χ3n) is 6.34. The van der Waals surface area contributed by atoms with Gasteiger partial charge in [-0.1, -0.05) is 43.3 Å². The van der Waals surface area contributed by atoms with E-state index < -0.39 is 0 Å². The van der Waals surface area contributed by atoms with Gasteiger partial charge in [0.15, 0.2) is 5.78 Å². The van der Waals surface area contributed by atoms with Crippen LogP contribution in [-0.2, 0) is 4.79 Å². The van der Waals surface area contributed by atoms with Gasteiger partial charge in [0.05, 0.1) is 24.0 Å². The molecule has 2 atom stereocenters. The third-order valence-corrected chi connectivity index (χ3v) is 6.34. The summed E-state index contributed by atoms with van der Waals surface area (Å²) in [4.78, 5) is 13.5. The fraction of sp³-hybridized carbons (Fsp3) is 0.250. The van der Waals surface area contributed by atoms with Crippen molar-refractivity contribution >= 4 is 17.2 Å². The van der Waals surface area contributed by atoms with Gasteiger partial charge in [-0.2, -0.15) is 0 Å². The Morgan fingerprint density at radius 3 is 2.33 bits per heavy atom. The summed E-state index contributed by atoms with van der Waals surface area (Å²) in [7, 11) is 0. The number of fused-ring (bicyclic) bond motifs is 1. The fourth-order valence-electron chi connectivity index (χ4n) is 4.69. The lowest BCUT2D eigenvalue weighted by Crippen LogP contribution is -2.26. The molecule has 2 unspecified atom stereocenters. The minimum Gasteiger partial charge on any atom is -0.494 e. The first kappa shape index (κ1) is 21.3. The molecule has 0 amide bonds. The van der Waals surface area contributed by atoms with Crippen LogP contribution in [0.5, 0.6) is 5.75 Å². The lowest BCUT2D eigenvalue weighted by Gasteiger charge is -2.30. The Labute approximate surface area is 193 Å². The number of allylic oxidation sites excluding steroid dienone is 1. The number of halogens is 1. The summed E-state index contributed by atoms with van der Waals surface area (Å²) in [5.41, 5.74) is 5.59. The molecular formula is C28H27FN2O2. The van der Waals surface area contributed by atoms with Gasteiger partial charge >= 0.3 is 0 Å². The zero-order valence-electron chi connectivity index (χ0n) is 18.6. The number of nitrogens with one attached hydrogen (secondary N) is 2. The van der Waals surface area contributed by atoms with Crippen molar-refractivity contribution in [2.45, 2.75) is 38.1 Å². The first-order valence-electron chi connectivity index (χ1n) is 11.5. The van der Waals surface area contributed by atoms with E-state index >= 15 is 0 Å². The topological polar surface area (TPSA) is 50.4 Å². The number of hydrogen-bond acceptors (Lipinski definition) is 4. The summed E-state index contributed by atoms with van der Waals surface area (Å²) in [6, 6.07) is 22.2. The average molecular weight is 443 g/mol. The van der Waals surface area contributed by atoms with Crippen LogP contribution < -0.4 is 15.4 Å². The Morgan fingerprint density at radius 2 is 1.61 bits per heavy atom. The van der Waals surface area contributed by atoms with Gasteiger partial charge in [-0.15, -0.1) is 0 Å². The highest BCUT2D eigenvalue weighted by Gasteiger charge is 2.36. The van der Waals surface area contributed by atoms with Crippen LogP contribution in [0, 0.1) is 5.82 Å². The maximum atomic E-state index is 13.5. The number of rotatable bonds is 5. The van der Waals surface area contributed by atoms with Crippen molar-refractivity contribution in [3.05, 3.63) is 101 Å². The minimum absolute atomic E-state index is 0.0140. The number of benzene rings is 3. The molecule has 0 saturated heterocycles. The molecule has 2 aliphatic rings. The van der Waals surface area contributed by atoms with E-state index in [0.29, 0.717) is 19.4 Å². The van der Waals surface area contributed by atoms with E-state index in [0.717, 1.165) is 45.9 Å². The number of Topliss-reactive ketones (excluding diaryl/α,β-unsaturated/α-hetero) is 1. The van der Waals surface area contributed by atoms with E-state index in [-0.39, 0.29) is 23.6 Å². The number of carbonyl (C=O) groups excluding carboxylic acids is 1. The Hall–Kier alpha value is -3.60. The highest BCUT2D eigenvalue weighted by atomic mass is 19.1. The number of hydrogen-bond donors (Lipinski definition) is 2. The largest absolute Gasteiger partial charge is 0.494 e. The van der Waals surface area contributed by atoms with Gasteiger partial charge in [-0.05, 0) is 66.3 Å². The van der Waals surface area contributed by atoms with Crippen LogP contribution in [0.2, 0.25) is 0 Å². The van der Waals surface area contributed by atoms with E-state index in [9.17, 15) is 9.18 Å². The van der Waals surface area contributed by atoms with Crippen molar-refractivity contribution in [1.29, 1.82) is 0 Å². The van der Waals surface area contributed by atoms with Gasteiger partial charge in [-0.3, -0.25) is 4.79 Å². The molecule has 5 heteroatoms. The molecule has 33 heavy (non-hydrogen) atoms. The molecule has 168 valence electrons. The van der Waals surface area contributed by atoms with Crippen molar-refractivity contribution in [2.75, 3.05) is 17.2 Å². The summed E-state index contributed by atoms with van der Waals surface area (Å²) in [5.74, 6) is 0.681. The van der Waals surface area contributed by atoms with Gasteiger partial charge < -0.3 is 15.4 Å². The van der Waals surface area contributed by atoms with Crippen molar-refractivity contribution in [2.24, 2.45) is 0 Å². The fourth-order valence-corrected chi connectivity index (χ4v) is 4.69. The van der Waals surface area contributed by atoms with E-state index in [1.807, 2.05) is 48.5 Å².